The molecule has 3 rings (SSSR count). The highest BCUT2D eigenvalue weighted by molar-refractivity contribution is 5.80. The third-order valence-electron chi connectivity index (χ3n) is 4.36. The van der Waals surface area contributed by atoms with Crippen LogP contribution in [0.3, 0.4) is 0 Å². The van der Waals surface area contributed by atoms with Gasteiger partial charge in [0.25, 0.3) is 0 Å². The first kappa shape index (κ1) is 16.5. The highest BCUT2D eigenvalue weighted by Gasteiger charge is 2.23. The average molecular weight is 328 g/mol. The summed E-state index contributed by atoms with van der Waals surface area (Å²) in [5.74, 6) is 0.915. The first-order valence-corrected chi connectivity index (χ1v) is 8.61. The average Bonchev–Trinajstić information content (AvgIpc) is 2.93. The van der Waals surface area contributed by atoms with E-state index in [1.165, 1.54) is 12.8 Å². The molecule has 1 saturated heterocycles. The molecule has 0 aliphatic carbocycles. The molecular weight excluding hydrogens is 304 g/mol. The number of rotatable bonds is 5. The topological polar surface area (TPSA) is 60.2 Å². The largest absolute Gasteiger partial charge is 0.487 e. The number of carbonyl (C=O) groups is 1. The van der Waals surface area contributed by atoms with E-state index in [0.29, 0.717) is 6.61 Å². The molecule has 0 spiro atoms. The molecule has 1 aromatic carbocycles. The van der Waals surface area contributed by atoms with Gasteiger partial charge in [-0.25, -0.2) is 4.68 Å². The van der Waals surface area contributed by atoms with Crippen LogP contribution >= 0.6 is 0 Å². The van der Waals surface area contributed by atoms with Crippen molar-refractivity contribution < 1.29 is 9.53 Å². The molecule has 1 fully saturated rings. The molecule has 2 aromatic rings. The van der Waals surface area contributed by atoms with Crippen molar-refractivity contribution in [2.45, 2.75) is 45.3 Å². The van der Waals surface area contributed by atoms with Crippen molar-refractivity contribution in [3.05, 3.63) is 42.2 Å². The fraction of sp³-hybridized carbons (Fsp3) is 0.500. The smallest absolute Gasteiger partial charge is 0.247 e. The number of nitrogens with zero attached hydrogens (tertiary/aromatic N) is 4. The van der Waals surface area contributed by atoms with E-state index in [0.717, 1.165) is 37.4 Å². The summed E-state index contributed by atoms with van der Waals surface area (Å²) in [5.41, 5.74) is 0.717. The van der Waals surface area contributed by atoms with Gasteiger partial charge in [-0.15, -0.1) is 5.10 Å². The fourth-order valence-corrected chi connectivity index (χ4v) is 2.91. The molecule has 0 radical (unpaired) electrons. The van der Waals surface area contributed by atoms with Crippen molar-refractivity contribution in [3.63, 3.8) is 0 Å². The zero-order valence-corrected chi connectivity index (χ0v) is 14.1. The highest BCUT2D eigenvalue weighted by Crippen LogP contribution is 2.16. The van der Waals surface area contributed by atoms with Crippen LogP contribution in [0.1, 0.15) is 44.3 Å². The Morgan fingerprint density at radius 3 is 2.58 bits per heavy atom. The summed E-state index contributed by atoms with van der Waals surface area (Å²) in [4.78, 5) is 14.6. The molecule has 6 heteroatoms. The zero-order valence-electron chi connectivity index (χ0n) is 14.1. The van der Waals surface area contributed by atoms with Gasteiger partial charge in [-0.1, -0.05) is 36.3 Å². The normalized spacial score (nSPS) is 16.5. The van der Waals surface area contributed by atoms with E-state index in [1.54, 1.807) is 10.9 Å². The molecule has 1 amide bonds. The van der Waals surface area contributed by atoms with Gasteiger partial charge in [0.05, 0.1) is 6.20 Å². The first-order chi connectivity index (χ1) is 11.7. The SMILES string of the molecule is C[C@@H](C(=O)N1CCCCCC1)n1cc(COc2ccccc2)nn1. The van der Waals surface area contributed by atoms with E-state index < -0.39 is 0 Å². The van der Waals surface area contributed by atoms with Gasteiger partial charge in [0.1, 0.15) is 24.1 Å². The van der Waals surface area contributed by atoms with Crippen molar-refractivity contribution in [1.82, 2.24) is 19.9 Å². The second kappa shape index (κ2) is 7.95. The Bertz CT molecular complexity index is 648. The van der Waals surface area contributed by atoms with Crippen molar-refractivity contribution in [2.24, 2.45) is 0 Å². The van der Waals surface area contributed by atoms with E-state index in [1.807, 2.05) is 42.2 Å². The van der Waals surface area contributed by atoms with Crippen LogP contribution in [0.5, 0.6) is 5.75 Å². The molecule has 128 valence electrons. The second-order valence-electron chi connectivity index (χ2n) is 6.21. The number of ether oxygens (including phenoxy) is 1. The number of para-hydroxylation sites is 1. The lowest BCUT2D eigenvalue weighted by atomic mass is 10.2. The molecule has 6 nitrogen and oxygen atoms in total. The third kappa shape index (κ3) is 4.13. The maximum Gasteiger partial charge on any atom is 0.247 e. The Kier molecular flexibility index (Phi) is 5.46. The van der Waals surface area contributed by atoms with Crippen LogP contribution in [0, 0.1) is 0 Å². The van der Waals surface area contributed by atoms with Crippen molar-refractivity contribution in [1.29, 1.82) is 0 Å². The molecule has 1 aromatic heterocycles. The number of benzene rings is 1. The molecule has 1 aliphatic rings. The summed E-state index contributed by atoms with van der Waals surface area (Å²) in [6, 6.07) is 9.26. The van der Waals surface area contributed by atoms with Gasteiger partial charge in [-0.3, -0.25) is 4.79 Å². The van der Waals surface area contributed by atoms with Crippen molar-refractivity contribution in [2.75, 3.05) is 13.1 Å². The molecule has 0 bridgehead atoms. The molecule has 24 heavy (non-hydrogen) atoms. The molecule has 0 unspecified atom stereocenters. The number of likely N-dealkylation sites (tertiary alicyclic amines) is 1. The molecule has 2 heterocycles. The van der Waals surface area contributed by atoms with Crippen LogP contribution in [-0.2, 0) is 11.4 Å². The maximum absolute atomic E-state index is 12.6. The number of amides is 1. The van der Waals surface area contributed by atoms with Crippen LogP contribution < -0.4 is 4.74 Å². The van der Waals surface area contributed by atoms with Crippen LogP contribution in [0.2, 0.25) is 0 Å². The predicted octanol–water partition coefficient (Wildman–Crippen LogP) is 2.82. The van der Waals surface area contributed by atoms with Gasteiger partial charge in [0.15, 0.2) is 0 Å². The summed E-state index contributed by atoms with van der Waals surface area (Å²) < 4.78 is 7.30. The van der Waals surface area contributed by atoms with Gasteiger partial charge >= 0.3 is 0 Å². The Morgan fingerprint density at radius 1 is 1.17 bits per heavy atom. The molecule has 1 atom stereocenters. The minimum Gasteiger partial charge on any atom is -0.487 e. The van der Waals surface area contributed by atoms with Gasteiger partial charge in [0.2, 0.25) is 5.91 Å². The van der Waals surface area contributed by atoms with Crippen LogP contribution in [0.4, 0.5) is 0 Å². The Balaban J connectivity index is 1.58. The van der Waals surface area contributed by atoms with E-state index in [9.17, 15) is 4.79 Å². The van der Waals surface area contributed by atoms with Crippen molar-refractivity contribution in [3.8, 4) is 5.75 Å². The van der Waals surface area contributed by atoms with Gasteiger partial charge in [-0.2, -0.15) is 0 Å². The quantitative estimate of drug-likeness (QED) is 0.847. The van der Waals surface area contributed by atoms with E-state index >= 15 is 0 Å². The van der Waals surface area contributed by atoms with E-state index in [2.05, 4.69) is 10.3 Å². The number of carbonyl (C=O) groups excluding carboxylic acids is 1. The third-order valence-corrected chi connectivity index (χ3v) is 4.36. The molecule has 0 saturated carbocycles. The van der Waals surface area contributed by atoms with Crippen LogP contribution in [-0.4, -0.2) is 38.9 Å². The van der Waals surface area contributed by atoms with Crippen LogP contribution in [0.15, 0.2) is 36.5 Å². The fourth-order valence-electron chi connectivity index (χ4n) is 2.91. The molecule has 1 aliphatic heterocycles. The lowest BCUT2D eigenvalue weighted by molar-refractivity contribution is -0.134. The summed E-state index contributed by atoms with van der Waals surface area (Å²) in [5, 5.41) is 8.22. The minimum atomic E-state index is -0.332. The number of hydrogen-bond donors (Lipinski definition) is 0. The van der Waals surface area contributed by atoms with Gasteiger partial charge < -0.3 is 9.64 Å². The number of aromatic nitrogens is 3. The Morgan fingerprint density at radius 2 is 1.88 bits per heavy atom. The summed E-state index contributed by atoms with van der Waals surface area (Å²) in [6.45, 7) is 3.92. The lowest BCUT2D eigenvalue weighted by Crippen LogP contribution is -2.37. The van der Waals surface area contributed by atoms with E-state index in [4.69, 9.17) is 4.74 Å². The highest BCUT2D eigenvalue weighted by atomic mass is 16.5. The summed E-state index contributed by atoms with van der Waals surface area (Å²) in [6.07, 6.45) is 6.40. The number of hydrogen-bond acceptors (Lipinski definition) is 4. The molecular formula is C18H24N4O2. The monoisotopic (exact) mass is 328 g/mol. The minimum absolute atomic E-state index is 0.123. The Hall–Kier alpha value is -2.37. The lowest BCUT2D eigenvalue weighted by Gasteiger charge is -2.23. The summed E-state index contributed by atoms with van der Waals surface area (Å²) in [7, 11) is 0. The van der Waals surface area contributed by atoms with Crippen LogP contribution in [0.25, 0.3) is 0 Å². The maximum atomic E-state index is 12.6. The standard InChI is InChI=1S/C18H24N4O2/c1-15(18(23)21-11-7-2-3-8-12-21)22-13-16(19-20-22)14-24-17-9-5-4-6-10-17/h4-6,9-10,13,15H,2-3,7-8,11-12,14H2,1H3/t15-/m0/s1. The summed E-state index contributed by atoms with van der Waals surface area (Å²) >= 11 is 0. The zero-order chi connectivity index (χ0) is 16.8. The van der Waals surface area contributed by atoms with Gasteiger partial charge in [-0.05, 0) is 31.9 Å². The second-order valence-corrected chi connectivity index (χ2v) is 6.21. The first-order valence-electron chi connectivity index (χ1n) is 8.61. The van der Waals surface area contributed by atoms with Crippen molar-refractivity contribution >= 4 is 5.91 Å². The van der Waals surface area contributed by atoms with E-state index in [-0.39, 0.29) is 11.9 Å². The molecule has 0 N–H and O–H groups in total. The predicted molar refractivity (Wildman–Crippen MR) is 90.6 cm³/mol. The Labute approximate surface area is 142 Å². The van der Waals surface area contributed by atoms with Gasteiger partial charge in [0, 0.05) is 13.1 Å².